The smallest absolute Gasteiger partial charge is 0.0849 e. The lowest BCUT2D eigenvalue weighted by molar-refractivity contribution is 1.35. The summed E-state index contributed by atoms with van der Waals surface area (Å²) < 4.78 is 0. The number of hydrogen-bond acceptors (Lipinski definition) is 2. The predicted molar refractivity (Wildman–Crippen MR) is 53.5 cm³/mol. The molecule has 1 heterocycles. The maximum Gasteiger partial charge on any atom is 0.0849 e. The number of nitrogens with zero attached hydrogens (tertiary/aromatic N) is 1. The van der Waals surface area contributed by atoms with Gasteiger partial charge in [-0.25, -0.2) is 0 Å². The third-order valence-electron chi connectivity index (χ3n) is 1.68. The molecule has 0 radical (unpaired) electrons. The van der Waals surface area contributed by atoms with Crippen molar-refractivity contribution in [2.45, 2.75) is 4.90 Å². The summed E-state index contributed by atoms with van der Waals surface area (Å²) >= 11 is 0. The predicted octanol–water partition coefficient (Wildman–Crippen LogP) is 3.48. The van der Waals surface area contributed by atoms with Gasteiger partial charge in [-0.1, -0.05) is 18.2 Å². The number of benzene rings is 1. The molecule has 60 valence electrons. The van der Waals surface area contributed by atoms with Gasteiger partial charge in [-0.05, 0) is 33.8 Å². The molecule has 0 unspecified atom stereocenters. The first-order valence-electron chi connectivity index (χ1n) is 3.54. The van der Waals surface area contributed by atoms with Crippen LogP contribution in [0.1, 0.15) is 0 Å². The zero-order valence-corrected chi connectivity index (χ0v) is 7.77. The van der Waals surface area contributed by atoms with E-state index in [1.165, 1.54) is 11.0 Å². The molecule has 2 rings (SSSR count). The van der Waals surface area contributed by atoms with E-state index in [0.29, 0.717) is 0 Å². The van der Waals surface area contributed by atoms with Crippen LogP contribution < -0.4 is 0 Å². The second kappa shape index (κ2) is 3.33. The molecule has 0 atom stereocenters. The summed E-state index contributed by atoms with van der Waals surface area (Å²) in [4.78, 5) is 5.26. The van der Waals surface area contributed by atoms with Crippen LogP contribution in [0.15, 0.2) is 41.4 Å². The van der Waals surface area contributed by atoms with Crippen LogP contribution in [-0.4, -0.2) is 4.98 Å². The molecule has 1 aromatic heterocycles. The molecule has 0 spiro atoms. The van der Waals surface area contributed by atoms with Crippen molar-refractivity contribution < 1.29 is 0 Å². The lowest BCUT2D eigenvalue weighted by atomic mass is 10.2. The third-order valence-corrected chi connectivity index (χ3v) is 2.67. The van der Waals surface area contributed by atoms with Crippen molar-refractivity contribution in [2.75, 3.05) is 0 Å². The van der Waals surface area contributed by atoms with Crippen LogP contribution in [0.5, 0.6) is 0 Å². The van der Waals surface area contributed by atoms with E-state index in [0.717, 1.165) is 15.8 Å². The molecule has 12 heavy (non-hydrogen) atoms. The molecule has 0 aliphatic heterocycles. The Morgan fingerprint density at radius 2 is 2.00 bits per heavy atom. The molecular formula is C9H6ClNS. The molecule has 0 bridgehead atoms. The highest BCUT2D eigenvalue weighted by Crippen LogP contribution is 2.28. The molecule has 0 saturated heterocycles. The van der Waals surface area contributed by atoms with Gasteiger partial charge in [-0.3, -0.25) is 4.98 Å². The fraction of sp³-hybridized carbons (Fsp3) is 0. The van der Waals surface area contributed by atoms with E-state index in [2.05, 4.69) is 4.98 Å². The monoisotopic (exact) mass is 195 g/mol. The first kappa shape index (κ1) is 7.90. The quantitative estimate of drug-likeness (QED) is 0.691. The number of hydrogen-bond donors (Lipinski definition) is 0. The van der Waals surface area contributed by atoms with E-state index in [-0.39, 0.29) is 0 Å². The fourth-order valence-corrected chi connectivity index (χ4v) is 1.89. The molecule has 1 nitrogen and oxygen atoms in total. The Morgan fingerprint density at radius 1 is 1.17 bits per heavy atom. The van der Waals surface area contributed by atoms with Gasteiger partial charge in [0.2, 0.25) is 0 Å². The molecule has 3 heteroatoms. The van der Waals surface area contributed by atoms with E-state index in [9.17, 15) is 0 Å². The molecule has 2 aromatic rings. The minimum Gasteiger partial charge on any atom is -0.255 e. The van der Waals surface area contributed by atoms with Crippen molar-refractivity contribution in [3.63, 3.8) is 0 Å². The summed E-state index contributed by atoms with van der Waals surface area (Å²) in [5.41, 5.74) is 0.972. The maximum absolute atomic E-state index is 5.68. The Balaban J connectivity index is 2.79. The number of halogens is 1. The van der Waals surface area contributed by atoms with Crippen molar-refractivity contribution in [1.82, 2.24) is 4.98 Å². The van der Waals surface area contributed by atoms with Crippen molar-refractivity contribution in [3.8, 4) is 0 Å². The molecule has 0 fully saturated rings. The number of para-hydroxylation sites is 1. The summed E-state index contributed by atoms with van der Waals surface area (Å²) in [6.45, 7) is 0. The highest BCUT2D eigenvalue weighted by molar-refractivity contribution is 8.21. The van der Waals surface area contributed by atoms with Crippen molar-refractivity contribution >= 4 is 32.6 Å². The lowest BCUT2D eigenvalue weighted by Crippen LogP contribution is -1.78. The molecule has 0 N–H and O–H groups in total. The Labute approximate surface area is 79.3 Å². The molecule has 0 aliphatic rings. The lowest BCUT2D eigenvalue weighted by Gasteiger charge is -1.99. The van der Waals surface area contributed by atoms with Crippen LogP contribution in [0.3, 0.4) is 0 Å². The topological polar surface area (TPSA) is 12.9 Å². The van der Waals surface area contributed by atoms with Crippen LogP contribution in [-0.2, 0) is 0 Å². The van der Waals surface area contributed by atoms with Crippen LogP contribution in [0.25, 0.3) is 10.9 Å². The van der Waals surface area contributed by atoms with Gasteiger partial charge in [0.05, 0.1) is 5.52 Å². The number of rotatable bonds is 1. The van der Waals surface area contributed by atoms with Crippen molar-refractivity contribution in [3.05, 3.63) is 36.5 Å². The fourth-order valence-electron chi connectivity index (χ4n) is 1.14. The third kappa shape index (κ3) is 1.28. The molecule has 0 saturated carbocycles. The van der Waals surface area contributed by atoms with Gasteiger partial charge >= 0.3 is 0 Å². The van der Waals surface area contributed by atoms with Gasteiger partial charge in [-0.2, -0.15) is 0 Å². The largest absolute Gasteiger partial charge is 0.255 e. The van der Waals surface area contributed by atoms with E-state index >= 15 is 0 Å². The first-order valence-corrected chi connectivity index (χ1v) is 5.18. The standard InChI is InChI=1S/C9H6ClNS/c10-12-8-5-1-3-7-4-2-6-11-9(7)8/h1-6H. The average molecular weight is 196 g/mol. The Kier molecular flexibility index (Phi) is 2.19. The summed E-state index contributed by atoms with van der Waals surface area (Å²) in [7, 11) is 6.89. The number of fused-ring (bicyclic) bond motifs is 1. The highest BCUT2D eigenvalue weighted by Gasteiger charge is 1.99. The maximum atomic E-state index is 5.68. The number of aromatic nitrogens is 1. The summed E-state index contributed by atoms with van der Waals surface area (Å²) in [5, 5.41) is 1.13. The van der Waals surface area contributed by atoms with Gasteiger partial charge in [0.15, 0.2) is 0 Å². The van der Waals surface area contributed by atoms with Gasteiger partial charge in [-0.15, -0.1) is 0 Å². The molecule has 0 aliphatic carbocycles. The molecule has 0 amide bonds. The Hall–Kier alpha value is -0.730. The minimum atomic E-state index is 0.972. The molecular weight excluding hydrogens is 190 g/mol. The van der Waals surface area contributed by atoms with Gasteiger partial charge in [0, 0.05) is 16.5 Å². The van der Waals surface area contributed by atoms with E-state index in [4.69, 9.17) is 10.7 Å². The van der Waals surface area contributed by atoms with E-state index in [1.807, 2.05) is 30.3 Å². The second-order valence-corrected chi connectivity index (χ2v) is 3.47. The second-order valence-electron chi connectivity index (χ2n) is 2.41. The average Bonchev–Trinajstić information content (AvgIpc) is 2.17. The Bertz CT molecular complexity index is 397. The SMILES string of the molecule is ClSc1cccc2cccnc12. The van der Waals surface area contributed by atoms with Gasteiger partial charge in [0.1, 0.15) is 0 Å². The van der Waals surface area contributed by atoms with E-state index < -0.39 is 0 Å². The minimum absolute atomic E-state index is 0.972. The zero-order valence-electron chi connectivity index (χ0n) is 6.20. The normalized spacial score (nSPS) is 10.4. The summed E-state index contributed by atoms with van der Waals surface area (Å²) in [6, 6.07) is 9.92. The van der Waals surface area contributed by atoms with Crippen molar-refractivity contribution in [2.24, 2.45) is 0 Å². The van der Waals surface area contributed by atoms with Crippen LogP contribution >= 0.6 is 21.7 Å². The van der Waals surface area contributed by atoms with Crippen LogP contribution in [0, 0.1) is 0 Å². The number of pyridine rings is 1. The summed E-state index contributed by atoms with van der Waals surface area (Å²) in [5.74, 6) is 0. The summed E-state index contributed by atoms with van der Waals surface area (Å²) in [6.07, 6.45) is 1.78. The highest BCUT2D eigenvalue weighted by atomic mass is 35.7. The Morgan fingerprint density at radius 3 is 2.83 bits per heavy atom. The zero-order chi connectivity index (χ0) is 8.39. The first-order chi connectivity index (χ1) is 5.92. The van der Waals surface area contributed by atoms with Crippen molar-refractivity contribution in [1.29, 1.82) is 0 Å². The molecule has 1 aromatic carbocycles. The van der Waals surface area contributed by atoms with Crippen LogP contribution in [0.2, 0.25) is 0 Å². The van der Waals surface area contributed by atoms with Crippen LogP contribution in [0.4, 0.5) is 0 Å². The van der Waals surface area contributed by atoms with Gasteiger partial charge < -0.3 is 0 Å². The van der Waals surface area contributed by atoms with Gasteiger partial charge in [0.25, 0.3) is 0 Å². The van der Waals surface area contributed by atoms with E-state index in [1.54, 1.807) is 6.20 Å².